The standard InChI is InChI=1S/C17H23NO4/c1-21-16-3-2-12(11-4-6-22-7-5-11)8-14(16)15-9-13(10-18-15)17(19)20/h2-3,8,11,13,15,18H,4-7,9-10H2,1H3,(H,19,20). The summed E-state index contributed by atoms with van der Waals surface area (Å²) in [5, 5.41) is 12.5. The number of carbonyl (C=O) groups is 1. The molecule has 0 aromatic heterocycles. The highest BCUT2D eigenvalue weighted by molar-refractivity contribution is 5.71. The van der Waals surface area contributed by atoms with Gasteiger partial charge in [-0.05, 0) is 36.8 Å². The van der Waals surface area contributed by atoms with E-state index in [4.69, 9.17) is 9.47 Å². The van der Waals surface area contributed by atoms with E-state index in [1.165, 1.54) is 5.56 Å². The first-order chi connectivity index (χ1) is 10.7. The van der Waals surface area contributed by atoms with Gasteiger partial charge in [0.1, 0.15) is 5.75 Å². The highest BCUT2D eigenvalue weighted by Crippen LogP contribution is 2.37. The molecule has 0 amide bonds. The van der Waals surface area contributed by atoms with Gasteiger partial charge in [-0.25, -0.2) is 0 Å². The number of methoxy groups -OCH3 is 1. The Balaban J connectivity index is 1.83. The second kappa shape index (κ2) is 6.67. The van der Waals surface area contributed by atoms with E-state index in [1.54, 1.807) is 7.11 Å². The van der Waals surface area contributed by atoms with Crippen molar-refractivity contribution in [2.45, 2.75) is 31.2 Å². The van der Waals surface area contributed by atoms with E-state index in [1.807, 2.05) is 6.07 Å². The molecule has 0 saturated carbocycles. The molecule has 2 saturated heterocycles. The lowest BCUT2D eigenvalue weighted by Crippen LogP contribution is -2.18. The van der Waals surface area contributed by atoms with Crippen LogP contribution in [0, 0.1) is 5.92 Å². The Kier molecular flexibility index (Phi) is 4.64. The normalized spacial score (nSPS) is 26.0. The van der Waals surface area contributed by atoms with Gasteiger partial charge in [-0.1, -0.05) is 12.1 Å². The summed E-state index contributed by atoms with van der Waals surface area (Å²) in [4.78, 5) is 11.2. The average Bonchev–Trinajstić information content (AvgIpc) is 3.05. The van der Waals surface area contributed by atoms with Crippen molar-refractivity contribution >= 4 is 5.97 Å². The molecule has 3 rings (SSSR count). The van der Waals surface area contributed by atoms with Gasteiger partial charge in [0, 0.05) is 31.4 Å². The van der Waals surface area contributed by atoms with E-state index in [2.05, 4.69) is 17.4 Å². The van der Waals surface area contributed by atoms with Crippen LogP contribution in [-0.2, 0) is 9.53 Å². The van der Waals surface area contributed by atoms with E-state index in [0.29, 0.717) is 18.9 Å². The third kappa shape index (κ3) is 3.10. The maximum absolute atomic E-state index is 11.2. The van der Waals surface area contributed by atoms with Gasteiger partial charge >= 0.3 is 5.97 Å². The van der Waals surface area contributed by atoms with Crippen molar-refractivity contribution in [3.05, 3.63) is 29.3 Å². The van der Waals surface area contributed by atoms with Crippen LogP contribution >= 0.6 is 0 Å². The second-order valence-corrected chi connectivity index (χ2v) is 6.12. The van der Waals surface area contributed by atoms with Crippen LogP contribution in [0.3, 0.4) is 0 Å². The van der Waals surface area contributed by atoms with Crippen molar-refractivity contribution in [3.8, 4) is 5.75 Å². The van der Waals surface area contributed by atoms with Crippen molar-refractivity contribution in [3.63, 3.8) is 0 Å². The summed E-state index contributed by atoms with van der Waals surface area (Å²) in [7, 11) is 1.66. The van der Waals surface area contributed by atoms with Crippen molar-refractivity contribution < 1.29 is 19.4 Å². The molecule has 5 nitrogen and oxygen atoms in total. The first-order valence-electron chi connectivity index (χ1n) is 7.90. The average molecular weight is 305 g/mol. The van der Waals surface area contributed by atoms with Crippen LogP contribution < -0.4 is 10.1 Å². The molecular formula is C17H23NO4. The zero-order valence-corrected chi connectivity index (χ0v) is 12.9. The minimum absolute atomic E-state index is 0.0517. The fraction of sp³-hybridized carbons (Fsp3) is 0.588. The Labute approximate surface area is 130 Å². The Hall–Kier alpha value is -1.59. The molecule has 1 aromatic carbocycles. The molecule has 0 spiro atoms. The van der Waals surface area contributed by atoms with E-state index >= 15 is 0 Å². The summed E-state index contributed by atoms with van der Waals surface area (Å²) in [6, 6.07) is 6.38. The Morgan fingerprint density at radius 1 is 1.36 bits per heavy atom. The Morgan fingerprint density at radius 3 is 2.77 bits per heavy atom. The van der Waals surface area contributed by atoms with Gasteiger partial charge < -0.3 is 19.9 Å². The second-order valence-electron chi connectivity index (χ2n) is 6.12. The minimum Gasteiger partial charge on any atom is -0.496 e. The summed E-state index contributed by atoms with van der Waals surface area (Å²) < 4.78 is 10.9. The van der Waals surface area contributed by atoms with Crippen molar-refractivity contribution in [2.75, 3.05) is 26.9 Å². The summed E-state index contributed by atoms with van der Waals surface area (Å²) in [6.07, 6.45) is 2.70. The minimum atomic E-state index is -0.727. The summed E-state index contributed by atoms with van der Waals surface area (Å²) in [5.74, 6) is 0.311. The van der Waals surface area contributed by atoms with Crippen LogP contribution in [0.1, 0.15) is 42.3 Å². The molecule has 2 atom stereocenters. The number of aliphatic carboxylic acids is 1. The Bertz CT molecular complexity index is 539. The number of nitrogens with one attached hydrogen (secondary N) is 1. The topological polar surface area (TPSA) is 67.8 Å². The van der Waals surface area contributed by atoms with Crippen LogP contribution in [0.5, 0.6) is 5.75 Å². The number of ether oxygens (including phenoxy) is 2. The molecule has 2 N–H and O–H groups in total. The van der Waals surface area contributed by atoms with Gasteiger partial charge in [-0.2, -0.15) is 0 Å². The molecule has 2 unspecified atom stereocenters. The number of carboxylic acids is 1. The number of hydrogen-bond donors (Lipinski definition) is 2. The largest absolute Gasteiger partial charge is 0.496 e. The molecule has 0 bridgehead atoms. The third-order valence-electron chi connectivity index (χ3n) is 4.80. The molecule has 120 valence electrons. The fourth-order valence-corrected chi connectivity index (χ4v) is 3.47. The number of benzene rings is 1. The smallest absolute Gasteiger partial charge is 0.307 e. The molecule has 0 radical (unpaired) electrons. The van der Waals surface area contributed by atoms with Gasteiger partial charge in [-0.3, -0.25) is 4.79 Å². The lowest BCUT2D eigenvalue weighted by molar-refractivity contribution is -0.141. The lowest BCUT2D eigenvalue weighted by Gasteiger charge is -2.24. The van der Waals surface area contributed by atoms with Gasteiger partial charge in [0.15, 0.2) is 0 Å². The molecule has 2 heterocycles. The quantitative estimate of drug-likeness (QED) is 0.893. The molecular weight excluding hydrogens is 282 g/mol. The van der Waals surface area contributed by atoms with Crippen LogP contribution in [0.4, 0.5) is 0 Å². The number of rotatable bonds is 4. The van der Waals surface area contributed by atoms with Crippen LogP contribution in [0.15, 0.2) is 18.2 Å². The predicted molar refractivity (Wildman–Crippen MR) is 82.3 cm³/mol. The third-order valence-corrected chi connectivity index (χ3v) is 4.80. The van der Waals surface area contributed by atoms with E-state index in [-0.39, 0.29) is 12.0 Å². The van der Waals surface area contributed by atoms with Crippen molar-refractivity contribution in [1.82, 2.24) is 5.32 Å². The van der Waals surface area contributed by atoms with E-state index in [9.17, 15) is 9.90 Å². The van der Waals surface area contributed by atoms with Crippen molar-refractivity contribution in [1.29, 1.82) is 0 Å². The first-order valence-corrected chi connectivity index (χ1v) is 7.90. The van der Waals surface area contributed by atoms with Crippen LogP contribution in [-0.4, -0.2) is 37.9 Å². The van der Waals surface area contributed by atoms with E-state index in [0.717, 1.165) is 37.4 Å². The van der Waals surface area contributed by atoms with Crippen LogP contribution in [0.2, 0.25) is 0 Å². The highest BCUT2D eigenvalue weighted by atomic mass is 16.5. The number of carboxylic acid groups (broad SMARTS) is 1. The van der Waals surface area contributed by atoms with Gasteiger partial charge in [0.25, 0.3) is 0 Å². The molecule has 0 aliphatic carbocycles. The molecule has 1 aromatic rings. The fourth-order valence-electron chi connectivity index (χ4n) is 3.47. The first kappa shape index (κ1) is 15.3. The van der Waals surface area contributed by atoms with Gasteiger partial charge in [0.2, 0.25) is 0 Å². The SMILES string of the molecule is COc1ccc(C2CCOCC2)cc1C1CC(C(=O)O)CN1. The van der Waals surface area contributed by atoms with Gasteiger partial charge in [-0.15, -0.1) is 0 Å². The molecule has 5 heteroatoms. The summed E-state index contributed by atoms with van der Waals surface area (Å²) in [6.45, 7) is 2.15. The molecule has 22 heavy (non-hydrogen) atoms. The predicted octanol–water partition coefficient (Wildman–Crippen LogP) is 2.32. The van der Waals surface area contributed by atoms with Crippen LogP contribution in [0.25, 0.3) is 0 Å². The lowest BCUT2D eigenvalue weighted by atomic mass is 9.88. The summed E-state index contributed by atoms with van der Waals surface area (Å²) in [5.41, 5.74) is 2.38. The zero-order valence-electron chi connectivity index (χ0n) is 12.9. The monoisotopic (exact) mass is 305 g/mol. The van der Waals surface area contributed by atoms with E-state index < -0.39 is 5.97 Å². The van der Waals surface area contributed by atoms with Gasteiger partial charge in [0.05, 0.1) is 13.0 Å². The zero-order chi connectivity index (χ0) is 15.5. The molecule has 2 aliphatic heterocycles. The summed E-state index contributed by atoms with van der Waals surface area (Å²) >= 11 is 0. The Morgan fingerprint density at radius 2 is 2.14 bits per heavy atom. The maximum Gasteiger partial charge on any atom is 0.307 e. The molecule has 2 fully saturated rings. The molecule has 2 aliphatic rings. The number of hydrogen-bond acceptors (Lipinski definition) is 4. The maximum atomic E-state index is 11.2. The van der Waals surface area contributed by atoms with Crippen molar-refractivity contribution in [2.24, 2.45) is 5.92 Å². The highest BCUT2D eigenvalue weighted by Gasteiger charge is 2.32.